The first kappa shape index (κ1) is 14.1. The monoisotopic (exact) mass is 293 g/mol. The number of rotatable bonds is 5. The summed E-state index contributed by atoms with van der Waals surface area (Å²) in [7, 11) is 0. The lowest BCUT2D eigenvalue weighted by atomic mass is 10.2. The van der Waals surface area contributed by atoms with Crippen LogP contribution < -0.4 is 4.90 Å². The maximum atomic E-state index is 10.8. The molecule has 0 unspecified atom stereocenters. The van der Waals surface area contributed by atoms with Crippen molar-refractivity contribution in [2.45, 2.75) is 26.4 Å². The first-order chi connectivity index (χ1) is 9.11. The SMILES string of the molecule is CC(C)N(Cc1cccs1)c1ccc(C=O)cc1Cl. The highest BCUT2D eigenvalue weighted by molar-refractivity contribution is 7.09. The van der Waals surface area contributed by atoms with Crippen molar-refractivity contribution in [3.05, 3.63) is 51.2 Å². The number of hydrogen-bond acceptors (Lipinski definition) is 3. The van der Waals surface area contributed by atoms with E-state index in [9.17, 15) is 4.79 Å². The van der Waals surface area contributed by atoms with Gasteiger partial charge in [-0.3, -0.25) is 4.79 Å². The van der Waals surface area contributed by atoms with Crippen LogP contribution in [0.3, 0.4) is 0 Å². The number of nitrogens with zero attached hydrogens (tertiary/aromatic N) is 1. The zero-order chi connectivity index (χ0) is 13.8. The highest BCUT2D eigenvalue weighted by Gasteiger charge is 2.15. The van der Waals surface area contributed by atoms with E-state index in [-0.39, 0.29) is 0 Å². The van der Waals surface area contributed by atoms with Gasteiger partial charge in [0.05, 0.1) is 17.3 Å². The molecule has 0 saturated heterocycles. The van der Waals surface area contributed by atoms with Crippen LogP contribution in [0.4, 0.5) is 5.69 Å². The Bertz CT molecular complexity index is 551. The summed E-state index contributed by atoms with van der Waals surface area (Å²) in [6.07, 6.45) is 0.814. The maximum absolute atomic E-state index is 10.8. The van der Waals surface area contributed by atoms with Gasteiger partial charge in [-0.25, -0.2) is 0 Å². The van der Waals surface area contributed by atoms with E-state index >= 15 is 0 Å². The third kappa shape index (κ3) is 3.37. The Morgan fingerprint density at radius 3 is 2.68 bits per heavy atom. The zero-order valence-electron chi connectivity index (χ0n) is 11.0. The second kappa shape index (κ2) is 6.22. The molecule has 1 heterocycles. The third-order valence-corrected chi connectivity index (χ3v) is 4.11. The van der Waals surface area contributed by atoms with E-state index in [2.05, 4.69) is 36.3 Å². The highest BCUT2D eigenvalue weighted by atomic mass is 35.5. The molecule has 1 aromatic heterocycles. The Morgan fingerprint density at radius 2 is 2.16 bits per heavy atom. The minimum absolute atomic E-state index is 0.335. The van der Waals surface area contributed by atoms with Gasteiger partial charge in [-0.2, -0.15) is 0 Å². The molecule has 2 nitrogen and oxygen atoms in total. The second-order valence-corrected chi connectivity index (χ2v) is 6.07. The number of anilines is 1. The summed E-state index contributed by atoms with van der Waals surface area (Å²) in [5.41, 5.74) is 1.57. The summed E-state index contributed by atoms with van der Waals surface area (Å²) in [6.45, 7) is 5.10. The third-order valence-electron chi connectivity index (χ3n) is 2.95. The predicted molar refractivity (Wildman–Crippen MR) is 82.5 cm³/mol. The highest BCUT2D eigenvalue weighted by Crippen LogP contribution is 2.30. The number of carbonyl (C=O) groups is 1. The molecule has 0 atom stereocenters. The first-order valence-corrected chi connectivity index (χ1v) is 7.41. The number of thiophene rings is 1. The van der Waals surface area contributed by atoms with Crippen molar-refractivity contribution in [1.82, 2.24) is 0 Å². The van der Waals surface area contributed by atoms with Crippen molar-refractivity contribution in [1.29, 1.82) is 0 Å². The van der Waals surface area contributed by atoms with Crippen molar-refractivity contribution in [2.75, 3.05) is 4.90 Å². The summed E-state index contributed by atoms with van der Waals surface area (Å²) in [5.74, 6) is 0. The number of halogens is 1. The Morgan fingerprint density at radius 1 is 1.37 bits per heavy atom. The molecule has 0 aliphatic carbocycles. The zero-order valence-corrected chi connectivity index (χ0v) is 12.5. The van der Waals surface area contributed by atoms with Crippen LogP contribution in [0.5, 0.6) is 0 Å². The molecule has 0 aliphatic rings. The average Bonchev–Trinajstić information content (AvgIpc) is 2.89. The van der Waals surface area contributed by atoms with Gasteiger partial charge in [-0.15, -0.1) is 11.3 Å². The summed E-state index contributed by atoms with van der Waals surface area (Å²) in [5, 5.41) is 2.69. The summed E-state index contributed by atoms with van der Waals surface area (Å²) in [6, 6.07) is 9.94. The smallest absolute Gasteiger partial charge is 0.150 e. The molecule has 0 saturated carbocycles. The van der Waals surface area contributed by atoms with Gasteiger partial charge >= 0.3 is 0 Å². The molecule has 0 bridgehead atoms. The van der Waals surface area contributed by atoms with E-state index in [0.717, 1.165) is 18.5 Å². The Kier molecular flexibility index (Phi) is 4.61. The Labute approximate surface area is 122 Å². The fraction of sp³-hybridized carbons (Fsp3) is 0.267. The van der Waals surface area contributed by atoms with Crippen molar-refractivity contribution in [2.24, 2.45) is 0 Å². The average molecular weight is 294 g/mol. The molecule has 2 aromatic rings. The fourth-order valence-electron chi connectivity index (χ4n) is 1.95. The lowest BCUT2D eigenvalue weighted by molar-refractivity contribution is 0.112. The number of carbonyl (C=O) groups excluding carboxylic acids is 1. The molecule has 0 radical (unpaired) electrons. The van der Waals surface area contributed by atoms with Crippen LogP contribution in [0.25, 0.3) is 0 Å². The summed E-state index contributed by atoms with van der Waals surface area (Å²) >= 11 is 8.03. The molecule has 4 heteroatoms. The predicted octanol–water partition coefficient (Wildman–Crippen LogP) is 4.63. The topological polar surface area (TPSA) is 20.3 Å². The van der Waals surface area contributed by atoms with E-state index in [0.29, 0.717) is 16.6 Å². The van der Waals surface area contributed by atoms with Gasteiger partial charge in [-0.05, 0) is 43.5 Å². The number of aldehydes is 1. The van der Waals surface area contributed by atoms with Crippen LogP contribution in [-0.2, 0) is 6.54 Å². The van der Waals surface area contributed by atoms with Gasteiger partial charge in [0, 0.05) is 16.5 Å². The van der Waals surface area contributed by atoms with Crippen LogP contribution in [0, 0.1) is 0 Å². The van der Waals surface area contributed by atoms with Gasteiger partial charge < -0.3 is 4.90 Å². The van der Waals surface area contributed by atoms with E-state index < -0.39 is 0 Å². The minimum Gasteiger partial charge on any atom is -0.363 e. The Hall–Kier alpha value is -1.32. The molecule has 0 spiro atoms. The standard InChI is InChI=1S/C15H16ClNOS/c1-11(2)17(9-13-4-3-7-19-13)15-6-5-12(10-18)8-14(15)16/h3-8,10-11H,9H2,1-2H3. The van der Waals surface area contributed by atoms with Crippen LogP contribution in [0.1, 0.15) is 29.1 Å². The van der Waals surface area contributed by atoms with Gasteiger partial charge in [0.1, 0.15) is 6.29 Å². The van der Waals surface area contributed by atoms with Gasteiger partial charge in [0.15, 0.2) is 0 Å². The summed E-state index contributed by atoms with van der Waals surface area (Å²) < 4.78 is 0. The van der Waals surface area contributed by atoms with E-state index in [4.69, 9.17) is 11.6 Å². The van der Waals surface area contributed by atoms with Crippen LogP contribution >= 0.6 is 22.9 Å². The number of hydrogen-bond donors (Lipinski definition) is 0. The van der Waals surface area contributed by atoms with E-state index in [1.807, 2.05) is 6.07 Å². The molecule has 0 N–H and O–H groups in total. The quantitative estimate of drug-likeness (QED) is 0.749. The van der Waals surface area contributed by atoms with E-state index in [1.54, 1.807) is 23.5 Å². The molecule has 19 heavy (non-hydrogen) atoms. The fourth-order valence-corrected chi connectivity index (χ4v) is 2.95. The molecule has 100 valence electrons. The Balaban J connectivity index is 2.31. The molecule has 0 fully saturated rings. The van der Waals surface area contributed by atoms with E-state index in [1.165, 1.54) is 4.88 Å². The second-order valence-electron chi connectivity index (χ2n) is 4.63. The van der Waals surface area contributed by atoms with Crippen LogP contribution in [0.15, 0.2) is 35.7 Å². The molecule has 2 rings (SSSR count). The number of benzene rings is 1. The first-order valence-electron chi connectivity index (χ1n) is 6.15. The molecule has 1 aromatic carbocycles. The normalized spacial score (nSPS) is 10.7. The van der Waals surface area contributed by atoms with Crippen molar-refractivity contribution < 1.29 is 4.79 Å². The van der Waals surface area contributed by atoms with Crippen LogP contribution in [0.2, 0.25) is 5.02 Å². The summed E-state index contributed by atoms with van der Waals surface area (Å²) in [4.78, 5) is 14.3. The van der Waals surface area contributed by atoms with Gasteiger partial charge in [-0.1, -0.05) is 17.7 Å². The van der Waals surface area contributed by atoms with Crippen LogP contribution in [-0.4, -0.2) is 12.3 Å². The van der Waals surface area contributed by atoms with Crippen molar-refractivity contribution in [3.8, 4) is 0 Å². The molecule has 0 aliphatic heterocycles. The molecular formula is C15H16ClNOS. The van der Waals surface area contributed by atoms with Gasteiger partial charge in [0.25, 0.3) is 0 Å². The maximum Gasteiger partial charge on any atom is 0.150 e. The molecular weight excluding hydrogens is 278 g/mol. The van der Waals surface area contributed by atoms with Gasteiger partial charge in [0.2, 0.25) is 0 Å². The van der Waals surface area contributed by atoms with Crippen molar-refractivity contribution >= 4 is 34.9 Å². The largest absolute Gasteiger partial charge is 0.363 e. The van der Waals surface area contributed by atoms with Crippen molar-refractivity contribution in [3.63, 3.8) is 0 Å². The minimum atomic E-state index is 0.335. The lowest BCUT2D eigenvalue weighted by Crippen LogP contribution is -2.30. The lowest BCUT2D eigenvalue weighted by Gasteiger charge is -2.29. The molecule has 0 amide bonds.